The highest BCUT2D eigenvalue weighted by Crippen LogP contribution is 2.25. The van der Waals surface area contributed by atoms with Crippen LogP contribution in [0, 0.1) is 0 Å². The molecule has 0 aromatic carbocycles. The maximum Gasteiger partial charge on any atom is 0.160 e. The van der Waals surface area contributed by atoms with Gasteiger partial charge in [0.25, 0.3) is 0 Å². The Kier molecular flexibility index (Phi) is 3.51. The van der Waals surface area contributed by atoms with Crippen LogP contribution < -0.4 is 5.73 Å². The van der Waals surface area contributed by atoms with Gasteiger partial charge in [-0.2, -0.15) is 5.10 Å². The zero-order valence-corrected chi connectivity index (χ0v) is 11.2. The van der Waals surface area contributed by atoms with Crippen molar-refractivity contribution in [3.63, 3.8) is 0 Å². The highest BCUT2D eigenvalue weighted by Gasteiger charge is 2.13. The normalized spacial score (nSPS) is 12.7. The van der Waals surface area contributed by atoms with Crippen LogP contribution in [-0.2, 0) is 6.54 Å². The summed E-state index contributed by atoms with van der Waals surface area (Å²) >= 11 is 0. The number of nitrogens with zero attached hydrogens (tertiary/aromatic N) is 4. The monoisotopic (exact) mass is 285 g/mol. The Morgan fingerprint density at radius 2 is 2.14 bits per heavy atom. The summed E-state index contributed by atoms with van der Waals surface area (Å²) in [6.45, 7) is -0.196. The second-order valence-corrected chi connectivity index (χ2v) is 4.74. The molecule has 0 amide bonds. The van der Waals surface area contributed by atoms with Crippen molar-refractivity contribution in [2.75, 3.05) is 12.3 Å². The summed E-state index contributed by atoms with van der Waals surface area (Å²) in [7, 11) is 0. The van der Waals surface area contributed by atoms with Crippen LogP contribution in [0.2, 0.25) is 0 Å². The average molecular weight is 285 g/mol. The molecular weight excluding hydrogens is 270 g/mol. The second-order valence-electron chi connectivity index (χ2n) is 4.74. The quantitative estimate of drug-likeness (QED) is 0.641. The number of nitrogen functional groups attached to an aromatic ring is 1. The minimum Gasteiger partial charge on any atom is -0.394 e. The number of hydrogen-bond acceptors (Lipinski definition) is 6. The first-order valence-electron chi connectivity index (χ1n) is 6.50. The van der Waals surface area contributed by atoms with Crippen LogP contribution in [0.1, 0.15) is 0 Å². The van der Waals surface area contributed by atoms with E-state index in [1.807, 2.05) is 18.2 Å². The molecule has 3 aromatic heterocycles. The number of hydrogen-bond donors (Lipinski definition) is 3. The van der Waals surface area contributed by atoms with Gasteiger partial charge in [-0.1, -0.05) is 6.07 Å². The van der Waals surface area contributed by atoms with Crippen molar-refractivity contribution in [1.29, 1.82) is 0 Å². The molecule has 0 radical (unpaired) electrons. The van der Waals surface area contributed by atoms with Crippen LogP contribution in [0.3, 0.4) is 0 Å². The number of anilines is 1. The lowest BCUT2D eigenvalue weighted by molar-refractivity contribution is 0.0793. The average Bonchev–Trinajstić information content (AvgIpc) is 2.84. The molecule has 21 heavy (non-hydrogen) atoms. The Morgan fingerprint density at radius 3 is 2.86 bits per heavy atom. The molecule has 7 nitrogen and oxygen atoms in total. The summed E-state index contributed by atoms with van der Waals surface area (Å²) in [6, 6.07) is 5.68. The van der Waals surface area contributed by atoms with Gasteiger partial charge in [0.1, 0.15) is 0 Å². The highest BCUT2D eigenvalue weighted by atomic mass is 16.3. The standard InChI is InChI=1S/C14H15N5O2/c15-13-12-4-10(9-2-1-3-16-5-9)6-17-14(12)19(18-13)7-11(21)8-20/h1-6,11,20-21H,7-8H2,(H2,15,18). The van der Waals surface area contributed by atoms with Gasteiger partial charge in [0.05, 0.1) is 24.6 Å². The molecule has 3 rings (SSSR count). The van der Waals surface area contributed by atoms with Gasteiger partial charge in [-0.05, 0) is 12.1 Å². The molecule has 1 unspecified atom stereocenters. The number of aromatic nitrogens is 4. The Morgan fingerprint density at radius 1 is 1.29 bits per heavy atom. The van der Waals surface area contributed by atoms with E-state index in [9.17, 15) is 5.11 Å². The molecule has 108 valence electrons. The minimum atomic E-state index is -0.896. The van der Waals surface area contributed by atoms with Crippen LogP contribution in [0.15, 0.2) is 36.8 Å². The summed E-state index contributed by atoms with van der Waals surface area (Å²) in [5.41, 5.74) is 8.32. The van der Waals surface area contributed by atoms with E-state index < -0.39 is 6.10 Å². The molecule has 0 bridgehead atoms. The fourth-order valence-corrected chi connectivity index (χ4v) is 2.16. The van der Waals surface area contributed by atoms with E-state index in [2.05, 4.69) is 15.1 Å². The molecular formula is C14H15N5O2. The van der Waals surface area contributed by atoms with Crippen molar-refractivity contribution in [3.8, 4) is 11.1 Å². The lowest BCUT2D eigenvalue weighted by Crippen LogP contribution is -2.20. The number of rotatable bonds is 4. The summed E-state index contributed by atoms with van der Waals surface area (Å²) in [5, 5.41) is 23.3. The summed E-state index contributed by atoms with van der Waals surface area (Å²) in [5.74, 6) is 0.341. The summed E-state index contributed by atoms with van der Waals surface area (Å²) in [6.07, 6.45) is 4.27. The molecule has 0 aliphatic heterocycles. The van der Waals surface area contributed by atoms with E-state index in [-0.39, 0.29) is 13.2 Å². The molecule has 0 aliphatic carbocycles. The maximum absolute atomic E-state index is 9.52. The van der Waals surface area contributed by atoms with Crippen molar-refractivity contribution in [2.45, 2.75) is 12.6 Å². The third kappa shape index (κ3) is 2.56. The van der Waals surface area contributed by atoms with E-state index in [0.29, 0.717) is 16.9 Å². The van der Waals surface area contributed by atoms with E-state index in [1.165, 1.54) is 4.68 Å². The number of aliphatic hydroxyl groups is 2. The Balaban J connectivity index is 2.05. The van der Waals surface area contributed by atoms with Crippen molar-refractivity contribution in [2.24, 2.45) is 0 Å². The maximum atomic E-state index is 9.52. The zero-order chi connectivity index (χ0) is 14.8. The van der Waals surface area contributed by atoms with Gasteiger partial charge < -0.3 is 15.9 Å². The van der Waals surface area contributed by atoms with Gasteiger partial charge in [-0.15, -0.1) is 0 Å². The van der Waals surface area contributed by atoms with Crippen LogP contribution in [0.4, 0.5) is 5.82 Å². The number of fused-ring (bicyclic) bond motifs is 1. The molecule has 0 aliphatic rings. The van der Waals surface area contributed by atoms with Gasteiger partial charge in [-0.3, -0.25) is 4.98 Å². The summed E-state index contributed by atoms with van der Waals surface area (Å²) in [4.78, 5) is 8.44. The molecule has 3 aromatic rings. The molecule has 3 heterocycles. The predicted octanol–water partition coefficient (Wildman–Crippen LogP) is 0.429. The highest BCUT2D eigenvalue weighted by molar-refractivity contribution is 5.89. The molecule has 0 spiro atoms. The molecule has 0 fully saturated rings. The predicted molar refractivity (Wildman–Crippen MR) is 78.3 cm³/mol. The smallest absolute Gasteiger partial charge is 0.160 e. The van der Waals surface area contributed by atoms with Crippen LogP contribution >= 0.6 is 0 Å². The topological polar surface area (TPSA) is 110 Å². The van der Waals surface area contributed by atoms with Gasteiger partial charge in [-0.25, -0.2) is 9.67 Å². The Hall–Kier alpha value is -2.51. The molecule has 0 saturated carbocycles. The molecule has 1 atom stereocenters. The van der Waals surface area contributed by atoms with E-state index in [0.717, 1.165) is 11.1 Å². The van der Waals surface area contributed by atoms with Crippen LogP contribution in [-0.4, -0.2) is 42.7 Å². The fourth-order valence-electron chi connectivity index (χ4n) is 2.16. The first-order valence-corrected chi connectivity index (χ1v) is 6.50. The van der Waals surface area contributed by atoms with Gasteiger partial charge >= 0.3 is 0 Å². The lowest BCUT2D eigenvalue weighted by Gasteiger charge is -2.07. The Labute approximate surface area is 120 Å². The van der Waals surface area contributed by atoms with Crippen LogP contribution in [0.25, 0.3) is 22.2 Å². The first-order chi connectivity index (χ1) is 10.2. The third-order valence-electron chi connectivity index (χ3n) is 3.20. The van der Waals surface area contributed by atoms with Gasteiger partial charge in [0.15, 0.2) is 11.5 Å². The van der Waals surface area contributed by atoms with Crippen molar-refractivity contribution >= 4 is 16.9 Å². The van der Waals surface area contributed by atoms with Crippen molar-refractivity contribution in [3.05, 3.63) is 36.8 Å². The minimum absolute atomic E-state index is 0.142. The molecule has 4 N–H and O–H groups in total. The van der Waals surface area contributed by atoms with Crippen molar-refractivity contribution < 1.29 is 10.2 Å². The van der Waals surface area contributed by atoms with Gasteiger partial charge in [0.2, 0.25) is 0 Å². The van der Waals surface area contributed by atoms with E-state index >= 15 is 0 Å². The zero-order valence-electron chi connectivity index (χ0n) is 11.2. The van der Waals surface area contributed by atoms with E-state index in [4.69, 9.17) is 10.8 Å². The lowest BCUT2D eigenvalue weighted by atomic mass is 10.1. The Bertz CT molecular complexity index is 757. The second kappa shape index (κ2) is 5.47. The molecule has 0 saturated heterocycles. The largest absolute Gasteiger partial charge is 0.394 e. The first kappa shape index (κ1) is 13.5. The SMILES string of the molecule is Nc1nn(CC(O)CO)c2ncc(-c3cccnc3)cc12. The van der Waals surface area contributed by atoms with E-state index in [1.54, 1.807) is 18.6 Å². The van der Waals surface area contributed by atoms with Crippen LogP contribution in [0.5, 0.6) is 0 Å². The number of aliphatic hydroxyl groups excluding tert-OH is 2. The summed E-state index contributed by atoms with van der Waals surface area (Å²) < 4.78 is 1.50. The van der Waals surface area contributed by atoms with Crippen molar-refractivity contribution in [1.82, 2.24) is 19.7 Å². The number of pyridine rings is 2. The van der Waals surface area contributed by atoms with Gasteiger partial charge in [0, 0.05) is 29.7 Å². The third-order valence-corrected chi connectivity index (χ3v) is 3.20. The number of nitrogens with two attached hydrogens (primary N) is 1. The fraction of sp³-hybridized carbons (Fsp3) is 0.214. The molecule has 7 heteroatoms.